The highest BCUT2D eigenvalue weighted by Gasteiger charge is 2.09. The van der Waals surface area contributed by atoms with Crippen LogP contribution < -0.4 is 5.32 Å². The van der Waals surface area contributed by atoms with Gasteiger partial charge in [0.15, 0.2) is 0 Å². The maximum absolute atomic E-state index is 3.29. The molecule has 1 rings (SSSR count). The molecule has 1 nitrogen and oxygen atoms in total. The summed E-state index contributed by atoms with van der Waals surface area (Å²) in [5.41, 5.74) is 1.33. The van der Waals surface area contributed by atoms with E-state index in [4.69, 9.17) is 0 Å². The van der Waals surface area contributed by atoms with Crippen molar-refractivity contribution in [1.82, 2.24) is 5.32 Å². The van der Waals surface area contributed by atoms with Crippen LogP contribution in [0.5, 0.6) is 0 Å². The van der Waals surface area contributed by atoms with Crippen LogP contribution in [0.2, 0.25) is 0 Å². The Morgan fingerprint density at radius 1 is 1.43 bits per heavy atom. The van der Waals surface area contributed by atoms with Crippen molar-refractivity contribution in [2.75, 3.05) is 7.05 Å². The summed E-state index contributed by atoms with van der Waals surface area (Å²) in [5.74, 6) is 6.04. The molecule has 0 aliphatic carbocycles. The quantitative estimate of drug-likeness (QED) is 0.668. The summed E-state index contributed by atoms with van der Waals surface area (Å²) in [6.07, 6.45) is 0.868. The molecule has 14 heavy (non-hydrogen) atoms. The molecular weight excluding hydrogens is 285 g/mol. The van der Waals surface area contributed by atoms with Crippen LogP contribution in [0.15, 0.2) is 24.3 Å². The fourth-order valence-corrected chi connectivity index (χ4v) is 2.09. The lowest BCUT2D eigenvalue weighted by atomic mass is 10.0. The van der Waals surface area contributed by atoms with Gasteiger partial charge in [-0.3, -0.25) is 0 Å². The number of hydrogen-bond acceptors (Lipinski definition) is 1. The van der Waals surface area contributed by atoms with Crippen LogP contribution in [0, 0.1) is 15.4 Å². The number of rotatable bonds is 3. The van der Waals surface area contributed by atoms with Crippen molar-refractivity contribution in [3.05, 3.63) is 33.4 Å². The standard InChI is InChI=1S/C12H14IN/c1-3-4-9-12(14-2)10-7-5-6-8-11(10)13/h5-8,12,14H,9H2,1-2H3. The molecule has 0 bridgehead atoms. The molecule has 0 saturated heterocycles. The SMILES string of the molecule is CC#CCC(NC)c1ccccc1I. The molecule has 0 aliphatic heterocycles. The van der Waals surface area contributed by atoms with Gasteiger partial charge in [-0.2, -0.15) is 0 Å². The van der Waals surface area contributed by atoms with Crippen molar-refractivity contribution < 1.29 is 0 Å². The van der Waals surface area contributed by atoms with Gasteiger partial charge >= 0.3 is 0 Å². The molecule has 0 saturated carbocycles. The maximum atomic E-state index is 3.29. The first-order valence-electron chi connectivity index (χ1n) is 4.61. The Hall–Kier alpha value is -0.530. The minimum Gasteiger partial charge on any atom is -0.312 e. The zero-order valence-electron chi connectivity index (χ0n) is 8.47. The monoisotopic (exact) mass is 299 g/mol. The van der Waals surface area contributed by atoms with Gasteiger partial charge in [-0.15, -0.1) is 11.8 Å². The first kappa shape index (κ1) is 11.5. The second-order valence-corrected chi connectivity index (χ2v) is 4.16. The Labute approximate surface area is 99.4 Å². The molecule has 1 atom stereocenters. The minimum absolute atomic E-state index is 0.343. The Bertz CT molecular complexity index is 349. The normalized spacial score (nSPS) is 11.6. The molecule has 0 heterocycles. The second kappa shape index (κ2) is 6.05. The molecule has 1 unspecified atom stereocenters. The van der Waals surface area contributed by atoms with Crippen molar-refractivity contribution >= 4 is 22.6 Å². The van der Waals surface area contributed by atoms with Crippen LogP contribution in [-0.4, -0.2) is 7.05 Å². The highest BCUT2D eigenvalue weighted by molar-refractivity contribution is 14.1. The molecule has 0 aliphatic rings. The molecule has 74 valence electrons. The van der Waals surface area contributed by atoms with Gasteiger partial charge in [0.1, 0.15) is 0 Å². The minimum atomic E-state index is 0.343. The van der Waals surface area contributed by atoms with E-state index in [9.17, 15) is 0 Å². The highest BCUT2D eigenvalue weighted by Crippen LogP contribution is 2.21. The van der Waals surface area contributed by atoms with Crippen LogP contribution in [0.4, 0.5) is 0 Å². The first-order valence-corrected chi connectivity index (χ1v) is 5.68. The molecule has 2 heteroatoms. The summed E-state index contributed by atoms with van der Waals surface area (Å²) < 4.78 is 1.29. The van der Waals surface area contributed by atoms with E-state index < -0.39 is 0 Å². The zero-order chi connectivity index (χ0) is 10.4. The van der Waals surface area contributed by atoms with Gasteiger partial charge < -0.3 is 5.32 Å². The van der Waals surface area contributed by atoms with E-state index >= 15 is 0 Å². The molecular formula is C12H14IN. The predicted molar refractivity (Wildman–Crippen MR) is 69.0 cm³/mol. The van der Waals surface area contributed by atoms with Crippen LogP contribution in [0.25, 0.3) is 0 Å². The van der Waals surface area contributed by atoms with Crippen LogP contribution in [0.1, 0.15) is 24.9 Å². The van der Waals surface area contributed by atoms with E-state index in [1.165, 1.54) is 9.13 Å². The van der Waals surface area contributed by atoms with Gasteiger partial charge in [0.05, 0.1) is 0 Å². The van der Waals surface area contributed by atoms with Gasteiger partial charge in [0.25, 0.3) is 0 Å². The van der Waals surface area contributed by atoms with E-state index in [1.807, 2.05) is 14.0 Å². The molecule has 1 aromatic carbocycles. The zero-order valence-corrected chi connectivity index (χ0v) is 10.6. The van der Waals surface area contributed by atoms with E-state index in [0.29, 0.717) is 6.04 Å². The van der Waals surface area contributed by atoms with Gasteiger partial charge in [-0.1, -0.05) is 18.2 Å². The van der Waals surface area contributed by atoms with E-state index in [-0.39, 0.29) is 0 Å². The fraction of sp³-hybridized carbons (Fsp3) is 0.333. The molecule has 0 spiro atoms. The Morgan fingerprint density at radius 2 is 2.14 bits per heavy atom. The predicted octanol–water partition coefficient (Wildman–Crippen LogP) is 2.97. The summed E-state index contributed by atoms with van der Waals surface area (Å²) in [6, 6.07) is 8.75. The van der Waals surface area contributed by atoms with E-state index in [2.05, 4.69) is 64.0 Å². The number of nitrogens with one attached hydrogen (secondary N) is 1. The molecule has 0 amide bonds. The Kier molecular flexibility index (Phi) is 4.99. The average molecular weight is 299 g/mol. The van der Waals surface area contributed by atoms with Crippen LogP contribution in [-0.2, 0) is 0 Å². The van der Waals surface area contributed by atoms with Crippen molar-refractivity contribution in [3.8, 4) is 11.8 Å². The Balaban J connectivity index is 2.87. The third-order valence-corrected chi connectivity index (χ3v) is 3.09. The van der Waals surface area contributed by atoms with Gasteiger partial charge in [-0.25, -0.2) is 0 Å². The summed E-state index contributed by atoms with van der Waals surface area (Å²) in [7, 11) is 1.98. The van der Waals surface area contributed by atoms with Crippen LogP contribution in [0.3, 0.4) is 0 Å². The van der Waals surface area contributed by atoms with Gasteiger partial charge in [-0.05, 0) is 48.2 Å². The van der Waals surface area contributed by atoms with Crippen molar-refractivity contribution in [2.45, 2.75) is 19.4 Å². The molecule has 1 N–H and O–H groups in total. The Morgan fingerprint density at radius 3 is 2.71 bits per heavy atom. The molecule has 0 radical (unpaired) electrons. The number of hydrogen-bond donors (Lipinski definition) is 1. The van der Waals surface area contributed by atoms with Gasteiger partial charge in [0, 0.05) is 16.0 Å². The van der Waals surface area contributed by atoms with Gasteiger partial charge in [0.2, 0.25) is 0 Å². The lowest BCUT2D eigenvalue weighted by Crippen LogP contribution is -2.16. The summed E-state index contributed by atoms with van der Waals surface area (Å²) >= 11 is 2.36. The molecule has 0 fully saturated rings. The van der Waals surface area contributed by atoms with E-state index in [0.717, 1.165) is 6.42 Å². The lowest BCUT2D eigenvalue weighted by molar-refractivity contribution is 0.608. The first-order chi connectivity index (χ1) is 6.79. The summed E-state index contributed by atoms with van der Waals surface area (Å²) in [6.45, 7) is 1.88. The topological polar surface area (TPSA) is 12.0 Å². The summed E-state index contributed by atoms with van der Waals surface area (Å²) in [5, 5.41) is 3.29. The second-order valence-electron chi connectivity index (χ2n) is 2.99. The summed E-state index contributed by atoms with van der Waals surface area (Å²) in [4.78, 5) is 0. The molecule has 1 aromatic rings. The molecule has 0 aromatic heterocycles. The maximum Gasteiger partial charge on any atom is 0.0439 e. The third kappa shape index (κ3) is 3.00. The smallest absolute Gasteiger partial charge is 0.0439 e. The third-order valence-electron chi connectivity index (χ3n) is 2.11. The number of halogens is 1. The average Bonchev–Trinajstić information content (AvgIpc) is 2.21. The van der Waals surface area contributed by atoms with E-state index in [1.54, 1.807) is 0 Å². The largest absolute Gasteiger partial charge is 0.312 e. The van der Waals surface area contributed by atoms with Crippen molar-refractivity contribution in [3.63, 3.8) is 0 Å². The number of benzene rings is 1. The van der Waals surface area contributed by atoms with Crippen molar-refractivity contribution in [1.29, 1.82) is 0 Å². The fourth-order valence-electron chi connectivity index (χ4n) is 1.33. The highest BCUT2D eigenvalue weighted by atomic mass is 127. The van der Waals surface area contributed by atoms with Crippen LogP contribution >= 0.6 is 22.6 Å². The lowest BCUT2D eigenvalue weighted by Gasteiger charge is -2.15. The van der Waals surface area contributed by atoms with Crippen molar-refractivity contribution in [2.24, 2.45) is 0 Å².